The number of hydrogen-bond acceptors (Lipinski definition) is 4. The van der Waals surface area contributed by atoms with Gasteiger partial charge in [0.1, 0.15) is 5.75 Å². The Balaban J connectivity index is 2.01. The van der Waals surface area contributed by atoms with Crippen molar-refractivity contribution in [1.29, 1.82) is 0 Å². The summed E-state index contributed by atoms with van der Waals surface area (Å²) in [6.45, 7) is -2.44. The van der Waals surface area contributed by atoms with Crippen molar-refractivity contribution in [1.82, 2.24) is 4.90 Å². The average Bonchev–Trinajstić information content (AvgIpc) is 2.63. The van der Waals surface area contributed by atoms with Crippen LogP contribution in [0.4, 0.5) is 14.5 Å². The van der Waals surface area contributed by atoms with Crippen LogP contribution in [0, 0.1) is 0 Å². The summed E-state index contributed by atoms with van der Waals surface area (Å²) in [6.07, 6.45) is 0. The zero-order valence-corrected chi connectivity index (χ0v) is 15.5. The van der Waals surface area contributed by atoms with Crippen molar-refractivity contribution in [3.05, 3.63) is 48.0 Å². The predicted octanol–water partition coefficient (Wildman–Crippen LogP) is 4.13. The number of nitrogens with one attached hydrogen (secondary N) is 1. The van der Waals surface area contributed by atoms with Gasteiger partial charge in [-0.1, -0.05) is 6.07 Å². The van der Waals surface area contributed by atoms with E-state index in [9.17, 15) is 8.78 Å². The van der Waals surface area contributed by atoms with Gasteiger partial charge in [0, 0.05) is 19.3 Å². The molecule has 0 saturated carbocycles. The summed E-state index contributed by atoms with van der Waals surface area (Å²) in [5.74, 6) is 0.992. The summed E-state index contributed by atoms with van der Waals surface area (Å²) >= 11 is 5.39. The van der Waals surface area contributed by atoms with E-state index in [1.54, 1.807) is 19.2 Å². The number of anilines is 1. The minimum atomic E-state index is -2.90. The fourth-order valence-electron chi connectivity index (χ4n) is 2.24. The molecule has 26 heavy (non-hydrogen) atoms. The number of benzene rings is 2. The predicted molar refractivity (Wildman–Crippen MR) is 100 cm³/mol. The fraction of sp³-hybridized carbons (Fsp3) is 0.278. The van der Waals surface area contributed by atoms with Crippen LogP contribution >= 0.6 is 12.2 Å². The minimum Gasteiger partial charge on any atom is -0.497 e. The van der Waals surface area contributed by atoms with Crippen LogP contribution in [0.25, 0.3) is 0 Å². The summed E-state index contributed by atoms with van der Waals surface area (Å²) in [5.41, 5.74) is 1.67. The van der Waals surface area contributed by atoms with E-state index in [2.05, 4.69) is 10.1 Å². The molecule has 2 aromatic rings. The van der Waals surface area contributed by atoms with Gasteiger partial charge in [-0.3, -0.25) is 0 Å². The number of alkyl halides is 2. The summed E-state index contributed by atoms with van der Waals surface area (Å²) in [4.78, 5) is 1.82. The lowest BCUT2D eigenvalue weighted by Gasteiger charge is -2.22. The van der Waals surface area contributed by atoms with Crippen LogP contribution in [0.3, 0.4) is 0 Å². The monoisotopic (exact) mass is 382 g/mol. The van der Waals surface area contributed by atoms with Crippen molar-refractivity contribution in [2.24, 2.45) is 0 Å². The second-order valence-corrected chi connectivity index (χ2v) is 5.77. The molecule has 0 atom stereocenters. The number of halogens is 2. The van der Waals surface area contributed by atoms with Gasteiger partial charge in [0.05, 0.1) is 14.2 Å². The molecule has 2 aromatic carbocycles. The lowest BCUT2D eigenvalue weighted by atomic mass is 10.2. The second-order valence-electron chi connectivity index (χ2n) is 5.38. The highest BCUT2D eigenvalue weighted by atomic mass is 32.1. The van der Waals surface area contributed by atoms with Crippen molar-refractivity contribution in [3.63, 3.8) is 0 Å². The summed E-state index contributed by atoms with van der Waals surface area (Å²) in [6, 6.07) is 12.2. The smallest absolute Gasteiger partial charge is 0.387 e. The molecular weight excluding hydrogens is 362 g/mol. The van der Waals surface area contributed by atoms with E-state index in [1.165, 1.54) is 13.2 Å². The summed E-state index contributed by atoms with van der Waals surface area (Å²) < 4.78 is 39.4. The zero-order chi connectivity index (χ0) is 19.1. The van der Waals surface area contributed by atoms with Gasteiger partial charge >= 0.3 is 6.61 Å². The Morgan fingerprint density at radius 3 is 2.35 bits per heavy atom. The van der Waals surface area contributed by atoms with E-state index >= 15 is 0 Å². The SMILES string of the molecule is COc1ccc(NC(=S)N(C)Cc2ccc(OC(F)F)c(OC)c2)cc1. The van der Waals surface area contributed by atoms with Crippen LogP contribution in [0.15, 0.2) is 42.5 Å². The first-order valence-corrected chi connectivity index (χ1v) is 8.11. The van der Waals surface area contributed by atoms with Crippen LogP contribution in [-0.4, -0.2) is 37.9 Å². The largest absolute Gasteiger partial charge is 0.497 e. The lowest BCUT2D eigenvalue weighted by Crippen LogP contribution is -2.30. The first kappa shape index (κ1) is 19.7. The Hall–Kier alpha value is -2.61. The number of thiocarbonyl (C=S) groups is 1. The number of hydrogen-bond donors (Lipinski definition) is 1. The maximum absolute atomic E-state index is 12.4. The third-order valence-electron chi connectivity index (χ3n) is 3.55. The minimum absolute atomic E-state index is 0.00663. The molecule has 0 aliphatic heterocycles. The van der Waals surface area contributed by atoms with Crippen LogP contribution in [0.2, 0.25) is 0 Å². The Bertz CT molecular complexity index is 742. The molecule has 0 radical (unpaired) electrons. The molecule has 0 unspecified atom stereocenters. The Morgan fingerprint density at radius 2 is 1.77 bits per heavy atom. The molecule has 0 heterocycles. The molecule has 0 fully saturated rings. The molecule has 0 spiro atoms. The van der Waals surface area contributed by atoms with E-state index in [0.29, 0.717) is 11.7 Å². The molecule has 0 aliphatic rings. The zero-order valence-electron chi connectivity index (χ0n) is 14.7. The molecule has 0 aliphatic carbocycles. The van der Waals surface area contributed by atoms with Crippen molar-refractivity contribution < 1.29 is 23.0 Å². The highest BCUT2D eigenvalue weighted by Gasteiger charge is 2.13. The Morgan fingerprint density at radius 1 is 1.08 bits per heavy atom. The van der Waals surface area contributed by atoms with E-state index < -0.39 is 6.61 Å². The standard InChI is InChI=1S/C18H20F2N2O3S/c1-22(18(26)21-13-5-7-14(23-2)8-6-13)11-12-4-9-15(25-17(19)20)16(10-12)24-3/h4-10,17H,11H2,1-3H3,(H,21,26). The number of methoxy groups -OCH3 is 2. The molecule has 0 saturated heterocycles. The number of nitrogens with zero attached hydrogens (tertiary/aromatic N) is 1. The molecule has 5 nitrogen and oxygen atoms in total. The Labute approximate surface area is 156 Å². The normalized spacial score (nSPS) is 10.4. The van der Waals surface area contributed by atoms with Crippen LogP contribution in [0.1, 0.15) is 5.56 Å². The summed E-state index contributed by atoms with van der Waals surface area (Å²) in [5, 5.41) is 3.64. The van der Waals surface area contributed by atoms with Gasteiger partial charge in [0.15, 0.2) is 16.6 Å². The highest BCUT2D eigenvalue weighted by molar-refractivity contribution is 7.80. The molecule has 0 amide bonds. The number of ether oxygens (including phenoxy) is 3. The fourth-order valence-corrected chi connectivity index (χ4v) is 2.43. The third-order valence-corrected chi connectivity index (χ3v) is 3.97. The lowest BCUT2D eigenvalue weighted by molar-refractivity contribution is -0.0512. The Kier molecular flexibility index (Phi) is 6.97. The van der Waals surface area contributed by atoms with Crippen molar-refractivity contribution in [3.8, 4) is 17.2 Å². The van der Waals surface area contributed by atoms with Crippen LogP contribution < -0.4 is 19.5 Å². The van der Waals surface area contributed by atoms with E-state index in [-0.39, 0.29) is 11.5 Å². The van der Waals surface area contributed by atoms with Crippen LogP contribution in [-0.2, 0) is 6.54 Å². The van der Waals surface area contributed by atoms with Gasteiger partial charge in [-0.2, -0.15) is 8.78 Å². The first-order valence-electron chi connectivity index (χ1n) is 7.71. The molecule has 1 N–H and O–H groups in total. The number of rotatable bonds is 7. The third kappa shape index (κ3) is 5.45. The molecular formula is C18H20F2N2O3S. The van der Waals surface area contributed by atoms with Crippen molar-refractivity contribution >= 4 is 23.0 Å². The first-order chi connectivity index (χ1) is 12.4. The second kappa shape index (κ2) is 9.19. The van der Waals surface area contributed by atoms with Gasteiger partial charge in [0.2, 0.25) is 0 Å². The molecule has 2 rings (SSSR count). The highest BCUT2D eigenvalue weighted by Crippen LogP contribution is 2.29. The van der Waals surface area contributed by atoms with E-state index in [0.717, 1.165) is 17.0 Å². The van der Waals surface area contributed by atoms with Crippen molar-refractivity contribution in [2.45, 2.75) is 13.2 Å². The summed E-state index contributed by atoms with van der Waals surface area (Å²) in [7, 11) is 4.83. The average molecular weight is 382 g/mol. The molecule has 140 valence electrons. The molecule has 8 heteroatoms. The molecule has 0 aromatic heterocycles. The van der Waals surface area contributed by atoms with E-state index in [1.807, 2.05) is 36.2 Å². The van der Waals surface area contributed by atoms with Gasteiger partial charge in [-0.15, -0.1) is 0 Å². The van der Waals surface area contributed by atoms with Gasteiger partial charge in [-0.25, -0.2) is 0 Å². The maximum Gasteiger partial charge on any atom is 0.387 e. The quantitative estimate of drug-likeness (QED) is 0.727. The van der Waals surface area contributed by atoms with Crippen LogP contribution in [0.5, 0.6) is 17.2 Å². The van der Waals surface area contributed by atoms with Gasteiger partial charge in [0.25, 0.3) is 0 Å². The van der Waals surface area contributed by atoms with Crippen molar-refractivity contribution in [2.75, 3.05) is 26.6 Å². The van der Waals surface area contributed by atoms with Gasteiger partial charge < -0.3 is 24.4 Å². The molecule has 0 bridgehead atoms. The van der Waals surface area contributed by atoms with E-state index in [4.69, 9.17) is 21.7 Å². The topological polar surface area (TPSA) is 43.0 Å². The van der Waals surface area contributed by atoms with Gasteiger partial charge in [-0.05, 0) is 54.2 Å². The maximum atomic E-state index is 12.4.